The molecule has 0 aliphatic rings. The molecule has 0 bridgehead atoms. The van der Waals surface area contributed by atoms with Crippen molar-refractivity contribution in [1.29, 1.82) is 5.26 Å². The Morgan fingerprint density at radius 3 is 2.76 bits per heavy atom. The molecule has 1 aromatic carbocycles. The molecule has 1 heterocycles. The van der Waals surface area contributed by atoms with Crippen molar-refractivity contribution >= 4 is 17.5 Å². The quantitative estimate of drug-likeness (QED) is 0.653. The molecule has 84 valence electrons. The van der Waals surface area contributed by atoms with Crippen molar-refractivity contribution < 1.29 is 4.79 Å². The number of nitrogens with one attached hydrogen (secondary N) is 1. The molecule has 6 heteroatoms. The summed E-state index contributed by atoms with van der Waals surface area (Å²) >= 11 is 1.30. The van der Waals surface area contributed by atoms with E-state index in [0.29, 0.717) is 22.0 Å². The second kappa shape index (κ2) is 5.27. The SMILES string of the molecule is N#Cc1ccc(C(=O)CSc2ncn[nH]2)cc1. The lowest BCUT2D eigenvalue weighted by Crippen LogP contribution is -2.02. The minimum absolute atomic E-state index is 0.00381. The van der Waals surface area contributed by atoms with E-state index >= 15 is 0 Å². The van der Waals surface area contributed by atoms with Gasteiger partial charge in [-0.05, 0) is 12.1 Å². The molecule has 0 aliphatic heterocycles. The van der Waals surface area contributed by atoms with Crippen LogP contribution in [0.5, 0.6) is 0 Å². The van der Waals surface area contributed by atoms with E-state index in [1.165, 1.54) is 18.1 Å². The number of hydrogen-bond acceptors (Lipinski definition) is 5. The lowest BCUT2D eigenvalue weighted by Gasteiger charge is -1.99. The third-order valence-corrected chi connectivity index (χ3v) is 2.95. The Hall–Kier alpha value is -2.13. The van der Waals surface area contributed by atoms with E-state index in [1.54, 1.807) is 24.3 Å². The van der Waals surface area contributed by atoms with Crippen LogP contribution in [0.15, 0.2) is 35.7 Å². The average molecular weight is 244 g/mol. The summed E-state index contributed by atoms with van der Waals surface area (Å²) in [6, 6.07) is 8.58. The number of carbonyl (C=O) groups excluding carboxylic acids is 1. The fourth-order valence-corrected chi connectivity index (χ4v) is 1.89. The summed E-state index contributed by atoms with van der Waals surface area (Å²) in [4.78, 5) is 15.7. The van der Waals surface area contributed by atoms with Gasteiger partial charge in [-0.2, -0.15) is 10.4 Å². The maximum atomic E-state index is 11.8. The minimum Gasteiger partial charge on any atom is -0.293 e. The summed E-state index contributed by atoms with van der Waals surface area (Å²) < 4.78 is 0. The van der Waals surface area contributed by atoms with Gasteiger partial charge in [-0.3, -0.25) is 9.89 Å². The number of carbonyl (C=O) groups is 1. The Morgan fingerprint density at radius 2 is 2.18 bits per heavy atom. The molecular weight excluding hydrogens is 236 g/mol. The van der Waals surface area contributed by atoms with Crippen molar-refractivity contribution in [2.45, 2.75) is 5.16 Å². The monoisotopic (exact) mass is 244 g/mol. The molecule has 2 rings (SSSR count). The van der Waals surface area contributed by atoms with Gasteiger partial charge in [-0.25, -0.2) is 4.98 Å². The van der Waals surface area contributed by atoms with Crippen LogP contribution in [0.4, 0.5) is 0 Å². The first-order chi connectivity index (χ1) is 8.29. The number of benzene rings is 1. The van der Waals surface area contributed by atoms with Gasteiger partial charge in [0.15, 0.2) is 10.9 Å². The van der Waals surface area contributed by atoms with Gasteiger partial charge in [-0.15, -0.1) is 0 Å². The molecule has 17 heavy (non-hydrogen) atoms. The van der Waals surface area contributed by atoms with Crippen LogP contribution in [0.25, 0.3) is 0 Å². The van der Waals surface area contributed by atoms with Gasteiger partial charge in [0.2, 0.25) is 0 Å². The Kier molecular flexibility index (Phi) is 3.52. The largest absolute Gasteiger partial charge is 0.293 e. The number of aromatic nitrogens is 3. The van der Waals surface area contributed by atoms with Gasteiger partial charge in [0, 0.05) is 5.56 Å². The Balaban J connectivity index is 1.97. The van der Waals surface area contributed by atoms with E-state index < -0.39 is 0 Å². The number of thioether (sulfide) groups is 1. The molecule has 1 N–H and O–H groups in total. The number of nitrogens with zero attached hydrogens (tertiary/aromatic N) is 3. The summed E-state index contributed by atoms with van der Waals surface area (Å²) in [7, 11) is 0. The molecule has 0 saturated heterocycles. The van der Waals surface area contributed by atoms with Crippen molar-refractivity contribution in [3.8, 4) is 6.07 Å². The first-order valence-corrected chi connectivity index (χ1v) is 5.79. The number of nitriles is 1. The number of Topliss-reactive ketones (excluding diaryl/α,β-unsaturated/α-hetero) is 1. The molecule has 0 spiro atoms. The highest BCUT2D eigenvalue weighted by Gasteiger charge is 2.07. The second-order valence-electron chi connectivity index (χ2n) is 3.19. The van der Waals surface area contributed by atoms with Gasteiger partial charge in [-0.1, -0.05) is 23.9 Å². The highest BCUT2D eigenvalue weighted by molar-refractivity contribution is 7.99. The van der Waals surface area contributed by atoms with Gasteiger partial charge in [0.05, 0.1) is 17.4 Å². The smallest absolute Gasteiger partial charge is 0.183 e. The molecule has 0 fully saturated rings. The summed E-state index contributed by atoms with van der Waals surface area (Å²) in [6.07, 6.45) is 1.40. The Bertz CT molecular complexity index is 542. The first kappa shape index (κ1) is 11.4. The van der Waals surface area contributed by atoms with E-state index in [9.17, 15) is 4.79 Å². The first-order valence-electron chi connectivity index (χ1n) is 4.81. The summed E-state index contributed by atoms with van der Waals surface area (Å²) in [5.74, 6) is 0.289. The maximum absolute atomic E-state index is 11.8. The Morgan fingerprint density at radius 1 is 1.41 bits per heavy atom. The van der Waals surface area contributed by atoms with Crippen molar-refractivity contribution in [2.75, 3.05) is 5.75 Å². The molecule has 0 unspecified atom stereocenters. The fraction of sp³-hybridized carbons (Fsp3) is 0.0909. The fourth-order valence-electron chi connectivity index (χ4n) is 1.21. The average Bonchev–Trinajstić information content (AvgIpc) is 2.89. The van der Waals surface area contributed by atoms with Gasteiger partial charge in [0.25, 0.3) is 0 Å². The van der Waals surface area contributed by atoms with E-state index in [4.69, 9.17) is 5.26 Å². The molecule has 0 aliphatic carbocycles. The van der Waals surface area contributed by atoms with Crippen LogP contribution >= 0.6 is 11.8 Å². The number of H-pyrrole nitrogens is 1. The van der Waals surface area contributed by atoms with E-state index in [0.717, 1.165) is 0 Å². The molecule has 0 atom stereocenters. The lowest BCUT2D eigenvalue weighted by molar-refractivity contribution is 0.102. The zero-order valence-electron chi connectivity index (χ0n) is 8.75. The van der Waals surface area contributed by atoms with Crippen molar-refractivity contribution in [1.82, 2.24) is 15.2 Å². The summed E-state index contributed by atoms with van der Waals surface area (Å²) in [6.45, 7) is 0. The number of hydrogen-bond donors (Lipinski definition) is 1. The Labute approximate surface area is 102 Å². The second-order valence-corrected chi connectivity index (χ2v) is 4.16. The van der Waals surface area contributed by atoms with E-state index in [-0.39, 0.29) is 5.78 Å². The molecule has 0 radical (unpaired) electrons. The topological polar surface area (TPSA) is 82.4 Å². The van der Waals surface area contributed by atoms with Crippen LogP contribution in [-0.2, 0) is 0 Å². The third-order valence-electron chi connectivity index (χ3n) is 2.07. The zero-order valence-corrected chi connectivity index (χ0v) is 9.57. The van der Waals surface area contributed by atoms with E-state index in [1.807, 2.05) is 6.07 Å². The highest BCUT2D eigenvalue weighted by Crippen LogP contribution is 2.14. The van der Waals surface area contributed by atoms with Gasteiger partial charge >= 0.3 is 0 Å². The van der Waals surface area contributed by atoms with Gasteiger partial charge < -0.3 is 0 Å². The lowest BCUT2D eigenvalue weighted by atomic mass is 10.1. The maximum Gasteiger partial charge on any atom is 0.183 e. The summed E-state index contributed by atoms with van der Waals surface area (Å²) in [5.41, 5.74) is 1.14. The van der Waals surface area contributed by atoms with Crippen LogP contribution in [0.3, 0.4) is 0 Å². The van der Waals surface area contributed by atoms with Crippen LogP contribution < -0.4 is 0 Å². The molecular formula is C11H8N4OS. The normalized spacial score (nSPS) is 9.82. The predicted octanol–water partition coefficient (Wildman–Crippen LogP) is 1.65. The van der Waals surface area contributed by atoms with Crippen LogP contribution in [0.1, 0.15) is 15.9 Å². The summed E-state index contributed by atoms with van der Waals surface area (Å²) in [5, 5.41) is 15.6. The van der Waals surface area contributed by atoms with E-state index in [2.05, 4.69) is 15.2 Å². The third kappa shape index (κ3) is 2.92. The van der Waals surface area contributed by atoms with Crippen molar-refractivity contribution in [2.24, 2.45) is 0 Å². The van der Waals surface area contributed by atoms with Gasteiger partial charge in [0.1, 0.15) is 6.33 Å². The molecule has 0 saturated carbocycles. The number of ketones is 1. The molecule has 0 amide bonds. The highest BCUT2D eigenvalue weighted by atomic mass is 32.2. The standard InChI is InChI=1S/C11H8N4OS/c12-5-8-1-3-9(4-2-8)10(16)6-17-11-13-7-14-15-11/h1-4,7H,6H2,(H,13,14,15). The zero-order chi connectivity index (χ0) is 12.1. The number of rotatable bonds is 4. The molecule has 5 nitrogen and oxygen atoms in total. The van der Waals surface area contributed by atoms with Crippen molar-refractivity contribution in [3.63, 3.8) is 0 Å². The molecule has 2 aromatic rings. The van der Waals surface area contributed by atoms with Crippen LogP contribution in [0, 0.1) is 11.3 Å². The predicted molar refractivity (Wildman–Crippen MR) is 62.6 cm³/mol. The number of aromatic amines is 1. The van der Waals surface area contributed by atoms with Crippen molar-refractivity contribution in [3.05, 3.63) is 41.7 Å². The van der Waals surface area contributed by atoms with Crippen LogP contribution in [-0.4, -0.2) is 26.7 Å². The molecule has 1 aromatic heterocycles. The van der Waals surface area contributed by atoms with Crippen LogP contribution in [0.2, 0.25) is 0 Å². The minimum atomic E-state index is -0.00381.